The third-order valence-corrected chi connectivity index (χ3v) is 5.11. The van der Waals surface area contributed by atoms with Gasteiger partial charge < -0.3 is 15.3 Å². The molecule has 1 aromatic rings. The van der Waals surface area contributed by atoms with E-state index in [0.29, 0.717) is 31.6 Å². The van der Waals surface area contributed by atoms with Crippen molar-refractivity contribution in [1.29, 1.82) is 5.26 Å². The van der Waals surface area contributed by atoms with E-state index in [2.05, 4.69) is 5.32 Å². The van der Waals surface area contributed by atoms with Crippen molar-refractivity contribution >= 4 is 12.0 Å². The van der Waals surface area contributed by atoms with Crippen molar-refractivity contribution in [2.24, 2.45) is 11.3 Å². The number of hydrogen-bond donors (Lipinski definition) is 2. The van der Waals surface area contributed by atoms with Gasteiger partial charge in [-0.25, -0.2) is 4.79 Å². The molecule has 1 saturated heterocycles. The van der Waals surface area contributed by atoms with Crippen molar-refractivity contribution in [2.75, 3.05) is 13.1 Å². The summed E-state index contributed by atoms with van der Waals surface area (Å²) in [5.41, 5.74) is 0.742. The number of rotatable bonds is 3. The number of nitrogens with zero attached hydrogens (tertiary/aromatic N) is 2. The molecule has 0 bridgehead atoms. The van der Waals surface area contributed by atoms with E-state index in [1.807, 2.05) is 6.07 Å². The second kappa shape index (κ2) is 5.92. The Labute approximate surface area is 134 Å². The van der Waals surface area contributed by atoms with Crippen molar-refractivity contribution in [3.63, 3.8) is 0 Å². The number of hydrogen-bond acceptors (Lipinski definition) is 3. The summed E-state index contributed by atoms with van der Waals surface area (Å²) in [6.07, 6.45) is 2.47. The number of carboxylic acids is 1. The van der Waals surface area contributed by atoms with Gasteiger partial charge in [0.2, 0.25) is 0 Å². The number of nitriles is 1. The van der Waals surface area contributed by atoms with E-state index < -0.39 is 11.4 Å². The molecule has 2 fully saturated rings. The molecule has 1 aromatic carbocycles. The number of likely N-dealkylation sites (tertiary alicyclic amines) is 1. The fraction of sp³-hybridized carbons (Fsp3) is 0.471. The van der Waals surface area contributed by atoms with Crippen LogP contribution in [0.1, 0.15) is 30.4 Å². The van der Waals surface area contributed by atoms with Crippen LogP contribution in [0.25, 0.3) is 0 Å². The highest BCUT2D eigenvalue weighted by Crippen LogP contribution is 2.48. The van der Waals surface area contributed by atoms with E-state index in [4.69, 9.17) is 5.26 Å². The summed E-state index contributed by atoms with van der Waals surface area (Å²) in [5.74, 6) is -0.706. The molecule has 1 aliphatic carbocycles. The molecule has 0 spiro atoms. The topological polar surface area (TPSA) is 93.4 Å². The molecular formula is C17H19N3O3. The van der Waals surface area contributed by atoms with Gasteiger partial charge in [0.05, 0.1) is 17.0 Å². The standard InChI is InChI=1S/C17H19N3O3/c18-8-12-3-5-13(6-4-12)9-19-16(23)20-10-14-2-1-7-17(14,11-20)15(21)22/h3-6,14H,1-2,7,9-11H2,(H,19,23)(H,21,22)/t14-,17+/m0/s1. The lowest BCUT2D eigenvalue weighted by Crippen LogP contribution is -2.41. The third-order valence-electron chi connectivity index (χ3n) is 5.11. The zero-order chi connectivity index (χ0) is 16.4. The second-order valence-corrected chi connectivity index (χ2v) is 6.40. The summed E-state index contributed by atoms with van der Waals surface area (Å²) in [7, 11) is 0. The van der Waals surface area contributed by atoms with Gasteiger partial charge in [-0.15, -0.1) is 0 Å². The van der Waals surface area contributed by atoms with Crippen LogP contribution < -0.4 is 5.32 Å². The fourth-order valence-corrected chi connectivity index (χ4v) is 3.78. The summed E-state index contributed by atoms with van der Waals surface area (Å²) >= 11 is 0. The van der Waals surface area contributed by atoms with Crippen LogP contribution in [0.15, 0.2) is 24.3 Å². The molecule has 120 valence electrons. The molecule has 2 N–H and O–H groups in total. The number of benzene rings is 1. The Balaban J connectivity index is 1.59. The first-order valence-electron chi connectivity index (χ1n) is 7.80. The van der Waals surface area contributed by atoms with Crippen LogP contribution in [0.5, 0.6) is 0 Å². The van der Waals surface area contributed by atoms with Crippen LogP contribution in [0.2, 0.25) is 0 Å². The van der Waals surface area contributed by atoms with Crippen LogP contribution in [0.4, 0.5) is 4.79 Å². The molecule has 1 heterocycles. The summed E-state index contributed by atoms with van der Waals surface area (Å²) in [4.78, 5) is 25.6. The zero-order valence-electron chi connectivity index (χ0n) is 12.8. The monoisotopic (exact) mass is 313 g/mol. The Morgan fingerprint density at radius 2 is 2.13 bits per heavy atom. The first-order valence-corrected chi connectivity index (χ1v) is 7.80. The Morgan fingerprint density at radius 1 is 1.39 bits per heavy atom. The lowest BCUT2D eigenvalue weighted by molar-refractivity contribution is -0.149. The molecule has 6 nitrogen and oxygen atoms in total. The predicted octanol–water partition coefficient (Wildman–Crippen LogP) is 1.95. The quantitative estimate of drug-likeness (QED) is 0.892. The van der Waals surface area contributed by atoms with Crippen LogP contribution in [0.3, 0.4) is 0 Å². The second-order valence-electron chi connectivity index (χ2n) is 6.40. The van der Waals surface area contributed by atoms with Gasteiger partial charge in [-0.2, -0.15) is 5.26 Å². The summed E-state index contributed by atoms with van der Waals surface area (Å²) in [6.45, 7) is 1.18. The summed E-state index contributed by atoms with van der Waals surface area (Å²) in [5, 5.41) is 21.1. The number of fused-ring (bicyclic) bond motifs is 1. The largest absolute Gasteiger partial charge is 0.481 e. The number of carbonyl (C=O) groups excluding carboxylic acids is 1. The van der Waals surface area contributed by atoms with Gasteiger partial charge in [-0.1, -0.05) is 18.6 Å². The Bertz CT molecular complexity index is 665. The van der Waals surface area contributed by atoms with E-state index in [1.54, 1.807) is 29.2 Å². The molecule has 3 rings (SSSR count). The van der Waals surface area contributed by atoms with Crippen molar-refractivity contribution in [2.45, 2.75) is 25.8 Å². The molecule has 1 aliphatic heterocycles. The minimum absolute atomic E-state index is 0.0701. The number of aliphatic carboxylic acids is 1. The maximum atomic E-state index is 12.3. The van der Waals surface area contributed by atoms with Crippen LogP contribution >= 0.6 is 0 Å². The third kappa shape index (κ3) is 2.74. The maximum absolute atomic E-state index is 12.3. The molecule has 6 heteroatoms. The normalized spacial score (nSPS) is 25.7. The number of carboxylic acid groups (broad SMARTS) is 1. The van der Waals surface area contributed by atoms with Gasteiger partial charge in [-0.3, -0.25) is 4.79 Å². The average molecular weight is 313 g/mol. The SMILES string of the molecule is N#Cc1ccc(CNC(=O)N2C[C@@H]3CCC[C@@]3(C(=O)O)C2)cc1. The van der Waals surface area contributed by atoms with Crippen molar-refractivity contribution in [3.8, 4) is 6.07 Å². The van der Waals surface area contributed by atoms with Crippen LogP contribution in [-0.4, -0.2) is 35.1 Å². The van der Waals surface area contributed by atoms with Gasteiger partial charge in [0.1, 0.15) is 0 Å². The first-order chi connectivity index (χ1) is 11.0. The first kappa shape index (κ1) is 15.3. The summed E-state index contributed by atoms with van der Waals surface area (Å²) < 4.78 is 0. The van der Waals surface area contributed by atoms with Gasteiger partial charge in [0.15, 0.2) is 0 Å². The highest BCUT2D eigenvalue weighted by molar-refractivity contribution is 5.80. The molecule has 2 atom stereocenters. The highest BCUT2D eigenvalue weighted by atomic mass is 16.4. The van der Waals surface area contributed by atoms with Crippen LogP contribution in [-0.2, 0) is 11.3 Å². The number of carbonyl (C=O) groups is 2. The van der Waals surface area contributed by atoms with Crippen LogP contribution in [0, 0.1) is 22.7 Å². The van der Waals surface area contributed by atoms with E-state index in [9.17, 15) is 14.7 Å². The Hall–Kier alpha value is -2.55. The van der Waals surface area contributed by atoms with E-state index in [1.165, 1.54) is 0 Å². The molecule has 2 aliphatic rings. The lowest BCUT2D eigenvalue weighted by atomic mass is 9.81. The van der Waals surface area contributed by atoms with E-state index in [0.717, 1.165) is 18.4 Å². The molecule has 0 radical (unpaired) electrons. The number of urea groups is 1. The smallest absolute Gasteiger partial charge is 0.317 e. The predicted molar refractivity (Wildman–Crippen MR) is 82.4 cm³/mol. The molecule has 0 unspecified atom stereocenters. The Morgan fingerprint density at radius 3 is 2.74 bits per heavy atom. The van der Waals surface area contributed by atoms with Crippen molar-refractivity contribution in [3.05, 3.63) is 35.4 Å². The molecule has 1 saturated carbocycles. The average Bonchev–Trinajstić information content (AvgIpc) is 3.11. The zero-order valence-corrected chi connectivity index (χ0v) is 12.8. The van der Waals surface area contributed by atoms with E-state index in [-0.39, 0.29) is 11.9 Å². The molecule has 2 amide bonds. The van der Waals surface area contributed by atoms with Crippen molar-refractivity contribution < 1.29 is 14.7 Å². The number of nitrogens with one attached hydrogen (secondary N) is 1. The van der Waals surface area contributed by atoms with E-state index >= 15 is 0 Å². The Kier molecular flexibility index (Phi) is 3.95. The van der Waals surface area contributed by atoms with Gasteiger partial charge in [0.25, 0.3) is 0 Å². The van der Waals surface area contributed by atoms with Gasteiger partial charge in [0, 0.05) is 19.6 Å². The minimum atomic E-state index is -0.776. The summed E-state index contributed by atoms with van der Waals surface area (Å²) in [6, 6.07) is 8.85. The van der Waals surface area contributed by atoms with Gasteiger partial charge >= 0.3 is 12.0 Å². The minimum Gasteiger partial charge on any atom is -0.481 e. The molecular weight excluding hydrogens is 294 g/mol. The maximum Gasteiger partial charge on any atom is 0.317 e. The molecule has 23 heavy (non-hydrogen) atoms. The number of amides is 2. The van der Waals surface area contributed by atoms with Gasteiger partial charge in [-0.05, 0) is 36.5 Å². The lowest BCUT2D eigenvalue weighted by Gasteiger charge is -2.23. The van der Waals surface area contributed by atoms with Crippen molar-refractivity contribution in [1.82, 2.24) is 10.2 Å². The highest BCUT2D eigenvalue weighted by Gasteiger charge is 2.55. The fourth-order valence-electron chi connectivity index (χ4n) is 3.78. The molecule has 0 aromatic heterocycles.